The SMILES string of the molecule is Cc1cc(-c2noc(-c3ccc(-c4ccccc4)cc3)n2)ccc1N[C@H]1CC[C@@H](C(=O)O)C1. The van der Waals surface area contributed by atoms with Crippen LogP contribution in [0, 0.1) is 12.8 Å². The number of anilines is 1. The first kappa shape index (κ1) is 20.9. The molecule has 6 nitrogen and oxygen atoms in total. The second kappa shape index (κ2) is 8.90. The fraction of sp³-hybridized carbons (Fsp3) is 0.222. The molecule has 1 aliphatic rings. The van der Waals surface area contributed by atoms with Gasteiger partial charge >= 0.3 is 5.97 Å². The average Bonchev–Trinajstić information content (AvgIpc) is 3.52. The number of rotatable bonds is 6. The zero-order valence-corrected chi connectivity index (χ0v) is 18.4. The molecule has 1 saturated carbocycles. The number of aryl methyl sites for hydroxylation is 1. The molecule has 5 rings (SSSR count). The first-order valence-electron chi connectivity index (χ1n) is 11.2. The third kappa shape index (κ3) is 4.51. The van der Waals surface area contributed by atoms with Crippen molar-refractivity contribution in [3.63, 3.8) is 0 Å². The molecule has 0 unspecified atom stereocenters. The number of hydrogen-bond donors (Lipinski definition) is 2. The predicted octanol–water partition coefficient (Wildman–Crippen LogP) is 6.04. The Labute approximate surface area is 192 Å². The van der Waals surface area contributed by atoms with Crippen molar-refractivity contribution < 1.29 is 14.4 Å². The Bertz CT molecular complexity index is 1270. The van der Waals surface area contributed by atoms with Crippen LogP contribution in [0.3, 0.4) is 0 Å². The second-order valence-corrected chi connectivity index (χ2v) is 8.59. The fourth-order valence-corrected chi connectivity index (χ4v) is 4.42. The van der Waals surface area contributed by atoms with Crippen LogP contribution in [0.15, 0.2) is 77.3 Å². The smallest absolute Gasteiger partial charge is 0.306 e. The van der Waals surface area contributed by atoms with E-state index in [0.29, 0.717) is 18.1 Å². The van der Waals surface area contributed by atoms with Gasteiger partial charge in [0.05, 0.1) is 5.92 Å². The van der Waals surface area contributed by atoms with Crippen molar-refractivity contribution in [1.29, 1.82) is 0 Å². The highest BCUT2D eigenvalue weighted by Crippen LogP contribution is 2.31. The monoisotopic (exact) mass is 439 g/mol. The van der Waals surface area contributed by atoms with Crippen molar-refractivity contribution in [1.82, 2.24) is 10.1 Å². The van der Waals surface area contributed by atoms with Crippen molar-refractivity contribution in [2.24, 2.45) is 5.92 Å². The number of nitrogens with zero attached hydrogens (tertiary/aromatic N) is 2. The van der Waals surface area contributed by atoms with Gasteiger partial charge in [0.25, 0.3) is 5.89 Å². The molecule has 0 radical (unpaired) electrons. The Hall–Kier alpha value is -3.93. The van der Waals surface area contributed by atoms with Crippen molar-refractivity contribution in [3.05, 3.63) is 78.4 Å². The van der Waals surface area contributed by atoms with Gasteiger partial charge in [0.2, 0.25) is 5.82 Å². The van der Waals surface area contributed by atoms with E-state index < -0.39 is 5.97 Å². The maximum absolute atomic E-state index is 11.2. The molecule has 1 aromatic heterocycles. The van der Waals surface area contributed by atoms with Crippen LogP contribution >= 0.6 is 0 Å². The highest BCUT2D eigenvalue weighted by Gasteiger charge is 2.29. The summed E-state index contributed by atoms with van der Waals surface area (Å²) in [5, 5.41) is 16.9. The van der Waals surface area contributed by atoms with Gasteiger partial charge in [0.1, 0.15) is 0 Å². The summed E-state index contributed by atoms with van der Waals surface area (Å²) in [6.07, 6.45) is 2.26. The first-order valence-corrected chi connectivity index (χ1v) is 11.2. The molecule has 0 saturated heterocycles. The molecule has 3 aromatic carbocycles. The number of carboxylic acid groups (broad SMARTS) is 1. The number of nitrogens with one attached hydrogen (secondary N) is 1. The van der Waals surface area contributed by atoms with Gasteiger partial charge in [-0.2, -0.15) is 4.98 Å². The molecule has 0 amide bonds. The summed E-state index contributed by atoms with van der Waals surface area (Å²) in [5.74, 6) is 0.0734. The van der Waals surface area contributed by atoms with Gasteiger partial charge in [-0.1, -0.05) is 47.6 Å². The van der Waals surface area contributed by atoms with E-state index in [0.717, 1.165) is 46.3 Å². The normalized spacial score (nSPS) is 17.7. The zero-order chi connectivity index (χ0) is 22.8. The Kier molecular flexibility index (Phi) is 5.65. The van der Waals surface area contributed by atoms with Crippen molar-refractivity contribution in [3.8, 4) is 34.0 Å². The maximum Gasteiger partial charge on any atom is 0.306 e. The number of hydrogen-bond acceptors (Lipinski definition) is 5. The quantitative estimate of drug-likeness (QED) is 0.381. The van der Waals surface area contributed by atoms with Crippen molar-refractivity contribution >= 4 is 11.7 Å². The topological polar surface area (TPSA) is 88.3 Å². The van der Waals surface area contributed by atoms with Gasteiger partial charge in [-0.25, -0.2) is 0 Å². The Balaban J connectivity index is 1.30. The molecule has 2 N–H and O–H groups in total. The molecule has 33 heavy (non-hydrogen) atoms. The summed E-state index contributed by atoms with van der Waals surface area (Å²) in [4.78, 5) is 15.8. The van der Waals surface area contributed by atoms with Gasteiger partial charge < -0.3 is 14.9 Å². The van der Waals surface area contributed by atoms with E-state index in [4.69, 9.17) is 4.52 Å². The van der Waals surface area contributed by atoms with Gasteiger partial charge in [-0.15, -0.1) is 0 Å². The number of benzene rings is 3. The first-order chi connectivity index (χ1) is 16.1. The average molecular weight is 440 g/mol. The van der Waals surface area contributed by atoms with Crippen molar-refractivity contribution in [2.45, 2.75) is 32.2 Å². The summed E-state index contributed by atoms with van der Waals surface area (Å²) in [7, 11) is 0. The molecule has 0 spiro atoms. The molecule has 1 heterocycles. The van der Waals surface area contributed by atoms with E-state index in [2.05, 4.69) is 39.7 Å². The molecule has 1 fully saturated rings. The summed E-state index contributed by atoms with van der Waals surface area (Å²) in [6.45, 7) is 2.03. The molecule has 0 bridgehead atoms. The van der Waals surface area contributed by atoms with E-state index in [1.807, 2.05) is 55.5 Å². The lowest BCUT2D eigenvalue weighted by Crippen LogP contribution is -2.18. The highest BCUT2D eigenvalue weighted by molar-refractivity contribution is 5.71. The van der Waals surface area contributed by atoms with Gasteiger partial charge in [0.15, 0.2) is 0 Å². The number of carbonyl (C=O) groups is 1. The van der Waals surface area contributed by atoms with E-state index in [1.165, 1.54) is 0 Å². The molecule has 0 aliphatic heterocycles. The number of aromatic nitrogens is 2. The molecule has 166 valence electrons. The van der Waals surface area contributed by atoms with Gasteiger partial charge in [-0.05, 0) is 73.2 Å². The Morgan fingerprint density at radius 3 is 2.33 bits per heavy atom. The van der Waals surface area contributed by atoms with E-state index >= 15 is 0 Å². The lowest BCUT2D eigenvalue weighted by atomic mass is 10.0. The van der Waals surface area contributed by atoms with Crippen LogP contribution in [-0.4, -0.2) is 27.3 Å². The maximum atomic E-state index is 11.2. The van der Waals surface area contributed by atoms with Crippen LogP contribution in [-0.2, 0) is 4.79 Å². The van der Waals surface area contributed by atoms with E-state index in [1.54, 1.807) is 0 Å². The Morgan fingerprint density at radius 2 is 1.64 bits per heavy atom. The van der Waals surface area contributed by atoms with Crippen LogP contribution in [0.4, 0.5) is 5.69 Å². The van der Waals surface area contributed by atoms with Crippen LogP contribution in [0.25, 0.3) is 34.0 Å². The summed E-state index contributed by atoms with van der Waals surface area (Å²) < 4.78 is 5.53. The third-order valence-electron chi connectivity index (χ3n) is 6.29. The lowest BCUT2D eigenvalue weighted by Gasteiger charge is -2.16. The molecular weight excluding hydrogens is 414 g/mol. The minimum atomic E-state index is -0.700. The Morgan fingerprint density at radius 1 is 0.939 bits per heavy atom. The summed E-state index contributed by atoms with van der Waals surface area (Å²) in [5.41, 5.74) is 6.12. The molecule has 4 aromatic rings. The van der Waals surface area contributed by atoms with Crippen molar-refractivity contribution in [2.75, 3.05) is 5.32 Å². The molecule has 1 aliphatic carbocycles. The van der Waals surface area contributed by atoms with Crippen LogP contribution in [0.1, 0.15) is 24.8 Å². The molecular formula is C27H25N3O3. The predicted molar refractivity (Wildman–Crippen MR) is 128 cm³/mol. The van der Waals surface area contributed by atoms with Gasteiger partial charge in [-0.3, -0.25) is 4.79 Å². The molecule has 6 heteroatoms. The fourth-order valence-electron chi connectivity index (χ4n) is 4.42. The van der Waals surface area contributed by atoms with Crippen LogP contribution in [0.2, 0.25) is 0 Å². The molecule has 2 atom stereocenters. The largest absolute Gasteiger partial charge is 0.481 e. The van der Waals surface area contributed by atoms with E-state index in [-0.39, 0.29) is 12.0 Å². The van der Waals surface area contributed by atoms with E-state index in [9.17, 15) is 9.90 Å². The zero-order valence-electron chi connectivity index (χ0n) is 18.4. The van der Waals surface area contributed by atoms with Crippen LogP contribution in [0.5, 0.6) is 0 Å². The van der Waals surface area contributed by atoms with Gasteiger partial charge in [0, 0.05) is 22.9 Å². The summed E-state index contributed by atoms with van der Waals surface area (Å²) >= 11 is 0. The third-order valence-corrected chi connectivity index (χ3v) is 6.29. The summed E-state index contributed by atoms with van der Waals surface area (Å²) in [6, 6.07) is 24.5. The van der Waals surface area contributed by atoms with Crippen LogP contribution < -0.4 is 5.32 Å². The second-order valence-electron chi connectivity index (χ2n) is 8.59. The number of aliphatic carboxylic acids is 1. The number of carboxylic acids is 1. The highest BCUT2D eigenvalue weighted by atomic mass is 16.5. The lowest BCUT2D eigenvalue weighted by molar-refractivity contribution is -0.141. The minimum absolute atomic E-state index is 0.186. The standard InChI is InChI=1S/C27H25N3O3/c1-17-15-21(12-14-24(17)28-23-13-11-22(16-23)27(31)32)25-29-26(33-30-25)20-9-7-19(8-10-20)18-5-3-2-4-6-18/h2-10,12,14-15,22-23,28H,11,13,16H2,1H3,(H,31,32)/t22-,23+/m1/s1. The minimum Gasteiger partial charge on any atom is -0.481 e.